The van der Waals surface area contributed by atoms with E-state index in [9.17, 15) is 0 Å². The first-order chi connectivity index (χ1) is 28.0. The van der Waals surface area contributed by atoms with Crippen molar-refractivity contribution >= 4 is 32.3 Å². The van der Waals surface area contributed by atoms with E-state index < -0.39 is 0 Å². The fourth-order valence-electron chi connectivity index (χ4n) is 9.95. The van der Waals surface area contributed by atoms with E-state index in [2.05, 4.69) is 218 Å². The lowest BCUT2D eigenvalue weighted by Gasteiger charge is -2.41. The summed E-state index contributed by atoms with van der Waals surface area (Å²) in [5.41, 5.74) is 14.0. The van der Waals surface area contributed by atoms with Crippen molar-refractivity contribution in [2.45, 2.75) is 37.8 Å². The minimum Gasteiger partial charge on any atom is -0.279 e. The first-order valence-electron chi connectivity index (χ1n) is 20.1. The van der Waals surface area contributed by atoms with Crippen LogP contribution in [0.3, 0.4) is 0 Å². The highest BCUT2D eigenvalue weighted by Gasteiger charge is 2.38. The molecule has 0 bridgehead atoms. The minimum atomic E-state index is -0.182. The molecular weight excluding hydrogens is 691 g/mol. The quantitative estimate of drug-likeness (QED) is 0.122. The van der Waals surface area contributed by atoms with Gasteiger partial charge in [-0.25, -0.2) is 0 Å². The minimum absolute atomic E-state index is 0.110. The van der Waals surface area contributed by atoms with Crippen LogP contribution in [0, 0.1) is 0 Å². The smallest absolute Gasteiger partial charge is 0.0876 e. The Labute approximate surface area is 334 Å². The van der Waals surface area contributed by atoms with Gasteiger partial charge in [-0.15, -0.1) is 0 Å². The van der Waals surface area contributed by atoms with E-state index in [4.69, 9.17) is 0 Å². The average Bonchev–Trinajstić information content (AvgIpc) is 3.51. The van der Waals surface area contributed by atoms with E-state index in [1.54, 1.807) is 0 Å². The molecule has 0 amide bonds. The van der Waals surface area contributed by atoms with E-state index >= 15 is 0 Å². The molecule has 0 radical (unpaired) electrons. The fourth-order valence-corrected chi connectivity index (χ4v) is 9.95. The lowest BCUT2D eigenvalue weighted by atomic mass is 9.78. The molecule has 1 heterocycles. The maximum Gasteiger partial charge on any atom is 0.0876 e. The van der Waals surface area contributed by atoms with Crippen molar-refractivity contribution in [3.8, 4) is 33.4 Å². The average molecular weight is 734 g/mol. The Morgan fingerprint density at radius 2 is 1.02 bits per heavy atom. The molecular formula is C54H43N3. The molecule has 1 fully saturated rings. The Bertz CT molecular complexity index is 3000. The zero-order chi connectivity index (χ0) is 38.1. The Balaban J connectivity index is 1.08. The summed E-state index contributed by atoms with van der Waals surface area (Å²) in [7, 11) is 0. The second-order valence-corrected chi connectivity index (χ2v) is 16.2. The molecule has 3 N–H and O–H groups in total. The molecule has 11 rings (SSSR count). The summed E-state index contributed by atoms with van der Waals surface area (Å²) in [5, 5.41) is 19.8. The largest absolute Gasteiger partial charge is 0.279 e. The van der Waals surface area contributed by atoms with Crippen molar-refractivity contribution in [3.05, 3.63) is 216 Å². The van der Waals surface area contributed by atoms with Crippen molar-refractivity contribution < 1.29 is 0 Å². The lowest BCUT2D eigenvalue weighted by Crippen LogP contribution is -2.54. The lowest BCUT2D eigenvalue weighted by molar-refractivity contribution is 0.205. The number of fused-ring (bicyclic) bond motifs is 7. The summed E-state index contributed by atoms with van der Waals surface area (Å²) in [4.78, 5) is 0. The SMILES string of the molecule is CC1(C)c2ccccc2-c2cccc(-c3cccc(C4NC(c5ccccc5-c5ccccc5)NC(c5c6ccccc6cc6c5ccc5ccccc56)N4)c3)c21. The molecule has 2 aliphatic rings. The first kappa shape index (κ1) is 33.9. The molecule has 3 atom stereocenters. The summed E-state index contributed by atoms with van der Waals surface area (Å²) in [6.45, 7) is 4.75. The molecule has 3 nitrogen and oxygen atoms in total. The topological polar surface area (TPSA) is 36.1 Å². The van der Waals surface area contributed by atoms with E-state index in [0.717, 1.165) is 0 Å². The van der Waals surface area contributed by atoms with Crippen LogP contribution in [-0.4, -0.2) is 0 Å². The molecule has 9 aromatic rings. The van der Waals surface area contributed by atoms with Crippen LogP contribution in [0.25, 0.3) is 65.7 Å². The maximum atomic E-state index is 4.12. The molecule has 1 saturated heterocycles. The maximum absolute atomic E-state index is 4.12. The molecule has 274 valence electrons. The molecule has 0 saturated carbocycles. The molecule has 0 spiro atoms. The van der Waals surface area contributed by atoms with Crippen LogP contribution in [0.2, 0.25) is 0 Å². The molecule has 0 aromatic heterocycles. The van der Waals surface area contributed by atoms with Gasteiger partial charge in [0.2, 0.25) is 0 Å². The van der Waals surface area contributed by atoms with Gasteiger partial charge >= 0.3 is 0 Å². The van der Waals surface area contributed by atoms with Crippen molar-refractivity contribution in [2.75, 3.05) is 0 Å². The van der Waals surface area contributed by atoms with Crippen LogP contribution in [0.5, 0.6) is 0 Å². The Morgan fingerprint density at radius 1 is 0.386 bits per heavy atom. The Morgan fingerprint density at radius 3 is 1.89 bits per heavy atom. The predicted octanol–water partition coefficient (Wildman–Crippen LogP) is 13.0. The van der Waals surface area contributed by atoms with Crippen molar-refractivity contribution in [2.24, 2.45) is 0 Å². The summed E-state index contributed by atoms with van der Waals surface area (Å²) in [5.74, 6) is 0. The van der Waals surface area contributed by atoms with Crippen LogP contribution < -0.4 is 16.0 Å². The van der Waals surface area contributed by atoms with Gasteiger partial charge < -0.3 is 0 Å². The highest BCUT2D eigenvalue weighted by molar-refractivity contribution is 6.14. The van der Waals surface area contributed by atoms with Gasteiger partial charge in [0.25, 0.3) is 0 Å². The third-order valence-corrected chi connectivity index (χ3v) is 12.6. The van der Waals surface area contributed by atoms with Crippen molar-refractivity contribution in [1.29, 1.82) is 0 Å². The van der Waals surface area contributed by atoms with Crippen LogP contribution in [0.15, 0.2) is 188 Å². The molecule has 1 aliphatic carbocycles. The summed E-state index contributed by atoms with van der Waals surface area (Å²) >= 11 is 0. The summed E-state index contributed by atoms with van der Waals surface area (Å²) in [6, 6.07) is 69.1. The molecule has 1 aliphatic heterocycles. The predicted molar refractivity (Wildman–Crippen MR) is 238 cm³/mol. The monoisotopic (exact) mass is 733 g/mol. The first-order valence-corrected chi connectivity index (χ1v) is 20.1. The molecule has 3 heteroatoms. The van der Waals surface area contributed by atoms with Gasteiger partial charge in [0.15, 0.2) is 0 Å². The number of benzene rings is 9. The van der Waals surface area contributed by atoms with Crippen LogP contribution in [0.4, 0.5) is 0 Å². The third kappa shape index (κ3) is 5.54. The second-order valence-electron chi connectivity index (χ2n) is 16.2. The number of hydrogen-bond acceptors (Lipinski definition) is 3. The summed E-state index contributed by atoms with van der Waals surface area (Å²) < 4.78 is 0. The van der Waals surface area contributed by atoms with Gasteiger partial charge in [0.1, 0.15) is 0 Å². The fraction of sp³-hybridized carbons (Fsp3) is 0.111. The molecule has 3 unspecified atom stereocenters. The highest BCUT2D eigenvalue weighted by atomic mass is 15.4. The van der Waals surface area contributed by atoms with Crippen LogP contribution in [-0.2, 0) is 5.41 Å². The van der Waals surface area contributed by atoms with Gasteiger partial charge in [-0.1, -0.05) is 190 Å². The van der Waals surface area contributed by atoms with Gasteiger partial charge in [0, 0.05) is 5.41 Å². The van der Waals surface area contributed by atoms with Gasteiger partial charge in [0.05, 0.1) is 18.5 Å². The van der Waals surface area contributed by atoms with E-state index in [1.165, 1.54) is 93.5 Å². The summed E-state index contributed by atoms with van der Waals surface area (Å²) in [6.07, 6.45) is -0.510. The Hall–Kier alpha value is -6.36. The normalized spacial score (nSPS) is 18.5. The van der Waals surface area contributed by atoms with E-state index in [0.29, 0.717) is 0 Å². The van der Waals surface area contributed by atoms with Crippen LogP contribution >= 0.6 is 0 Å². The third-order valence-electron chi connectivity index (χ3n) is 12.6. The van der Waals surface area contributed by atoms with E-state index in [-0.39, 0.29) is 23.9 Å². The zero-order valence-electron chi connectivity index (χ0n) is 32.1. The number of nitrogens with one attached hydrogen (secondary N) is 3. The van der Waals surface area contributed by atoms with Crippen LogP contribution in [0.1, 0.15) is 60.2 Å². The molecule has 9 aromatic carbocycles. The van der Waals surface area contributed by atoms with Crippen molar-refractivity contribution in [3.63, 3.8) is 0 Å². The van der Waals surface area contributed by atoms with Crippen molar-refractivity contribution in [1.82, 2.24) is 16.0 Å². The van der Waals surface area contributed by atoms with Gasteiger partial charge in [-0.3, -0.25) is 16.0 Å². The van der Waals surface area contributed by atoms with Gasteiger partial charge in [-0.05, 0) is 106 Å². The van der Waals surface area contributed by atoms with Gasteiger partial charge in [-0.2, -0.15) is 0 Å². The zero-order valence-corrected chi connectivity index (χ0v) is 32.1. The highest BCUT2D eigenvalue weighted by Crippen LogP contribution is 2.52. The standard InChI is InChI=1S/C54H43N3/c1-54(2)48-29-13-12-25-43(48)45-28-15-27-42(50(45)54)36-20-14-21-38(32-36)51-55-52(46-26-11-10-22-39(46)34-16-4-3-5-17-34)57-53(56-51)49-41-24-9-7-19-37(41)33-47-40-23-8-6-18-35(40)30-31-44(47)49/h3-33,51-53,55-57H,1-2H3. The number of hydrogen-bond donors (Lipinski definition) is 3. The molecule has 57 heavy (non-hydrogen) atoms. The Kier molecular flexibility index (Phi) is 7.97. The van der Waals surface area contributed by atoms with E-state index in [1.807, 2.05) is 0 Å². The number of rotatable bonds is 5. The second kappa shape index (κ2) is 13.4.